The van der Waals surface area contributed by atoms with Crippen molar-refractivity contribution in [2.75, 3.05) is 11.5 Å². The summed E-state index contributed by atoms with van der Waals surface area (Å²) in [7, 11) is 0. The molecule has 8 heteroatoms. The molecule has 134 valence electrons. The van der Waals surface area contributed by atoms with E-state index in [0.29, 0.717) is 44.4 Å². The van der Waals surface area contributed by atoms with E-state index in [9.17, 15) is 0 Å². The van der Waals surface area contributed by atoms with Gasteiger partial charge in [0.1, 0.15) is 23.0 Å². The van der Waals surface area contributed by atoms with E-state index >= 15 is 0 Å². The summed E-state index contributed by atoms with van der Waals surface area (Å²) in [6.45, 7) is 0. The van der Waals surface area contributed by atoms with E-state index in [1.54, 1.807) is 36.4 Å². The van der Waals surface area contributed by atoms with Crippen molar-refractivity contribution < 1.29 is 9.47 Å². The minimum absolute atomic E-state index is 0.281. The van der Waals surface area contributed by atoms with Gasteiger partial charge in [0.05, 0.1) is 20.1 Å². The van der Waals surface area contributed by atoms with Gasteiger partial charge in [-0.15, -0.1) is 0 Å². The molecule has 0 aromatic heterocycles. The Bertz CT molecular complexity index is 900. The van der Waals surface area contributed by atoms with E-state index in [1.165, 1.54) is 12.1 Å². The summed E-state index contributed by atoms with van der Waals surface area (Å²) in [4.78, 5) is 0. The Labute approximate surface area is 170 Å². The largest absolute Gasteiger partial charge is 0.454 e. The lowest BCUT2D eigenvalue weighted by atomic mass is 10.3. The first kappa shape index (κ1) is 18.8. The van der Waals surface area contributed by atoms with Gasteiger partial charge < -0.3 is 20.9 Å². The molecule has 0 radical (unpaired) electrons. The summed E-state index contributed by atoms with van der Waals surface area (Å²) < 4.78 is 11.4. The molecule has 0 heterocycles. The van der Waals surface area contributed by atoms with Crippen LogP contribution < -0.4 is 20.9 Å². The maximum atomic E-state index is 6.28. The van der Waals surface area contributed by atoms with Crippen LogP contribution in [0.3, 0.4) is 0 Å². The van der Waals surface area contributed by atoms with Crippen LogP contribution in [0.2, 0.25) is 20.1 Å². The number of hydrogen-bond donors (Lipinski definition) is 2. The second-order valence-corrected chi connectivity index (χ2v) is 6.93. The Hall–Kier alpha value is -1.98. The monoisotopic (exact) mass is 428 g/mol. The summed E-state index contributed by atoms with van der Waals surface area (Å²) >= 11 is 24.8. The first-order valence-electron chi connectivity index (χ1n) is 7.28. The molecular formula is C18H12Cl4N2O2. The van der Waals surface area contributed by atoms with Crippen LogP contribution in [0.15, 0.2) is 48.5 Å². The maximum Gasteiger partial charge on any atom is 0.147 e. The number of nitrogen functional groups attached to an aromatic ring is 2. The zero-order valence-electron chi connectivity index (χ0n) is 13.1. The normalized spacial score (nSPS) is 10.6. The lowest BCUT2D eigenvalue weighted by Gasteiger charge is -2.14. The number of ether oxygens (including phenoxy) is 2. The van der Waals surface area contributed by atoms with E-state index in [4.69, 9.17) is 67.3 Å². The third-order valence-electron chi connectivity index (χ3n) is 3.34. The fourth-order valence-corrected chi connectivity index (χ4v) is 2.94. The quantitative estimate of drug-likeness (QED) is 0.436. The molecule has 0 aliphatic carbocycles. The summed E-state index contributed by atoms with van der Waals surface area (Å²) in [5, 5.41) is 1.27. The Kier molecular flexibility index (Phi) is 5.58. The molecule has 3 aromatic carbocycles. The standard InChI is InChI=1S/C18H12Cl4N2O2/c19-11-5-9(23)1-3-15(11)25-17-7-14(22)18(8-13(17)21)26-16-4-2-10(24)6-12(16)20/h1-8H,23-24H2. The molecule has 0 atom stereocenters. The Morgan fingerprint density at radius 2 is 0.846 bits per heavy atom. The highest BCUT2D eigenvalue weighted by Crippen LogP contribution is 2.42. The predicted octanol–water partition coefficient (Wildman–Crippen LogP) is 7.05. The lowest BCUT2D eigenvalue weighted by Crippen LogP contribution is -1.92. The molecule has 0 unspecified atom stereocenters. The summed E-state index contributed by atoms with van der Waals surface area (Å²) in [5.74, 6) is 1.43. The summed E-state index contributed by atoms with van der Waals surface area (Å²) in [5.41, 5.74) is 12.4. The minimum atomic E-state index is 0.281. The van der Waals surface area contributed by atoms with Gasteiger partial charge in [-0.3, -0.25) is 0 Å². The number of halogens is 4. The van der Waals surface area contributed by atoms with Crippen molar-refractivity contribution in [3.8, 4) is 23.0 Å². The average Bonchev–Trinajstić information content (AvgIpc) is 2.57. The molecule has 0 amide bonds. The number of benzene rings is 3. The number of hydrogen-bond acceptors (Lipinski definition) is 4. The molecule has 0 spiro atoms. The van der Waals surface area contributed by atoms with Crippen LogP contribution in [0.4, 0.5) is 11.4 Å². The fraction of sp³-hybridized carbons (Fsp3) is 0. The smallest absolute Gasteiger partial charge is 0.147 e. The van der Waals surface area contributed by atoms with Gasteiger partial charge in [-0.2, -0.15) is 0 Å². The van der Waals surface area contributed by atoms with Crippen LogP contribution in [0.5, 0.6) is 23.0 Å². The van der Waals surface area contributed by atoms with E-state index in [1.807, 2.05) is 0 Å². The second kappa shape index (κ2) is 7.72. The van der Waals surface area contributed by atoms with Crippen LogP contribution in [-0.2, 0) is 0 Å². The number of nitrogens with two attached hydrogens (primary N) is 2. The Balaban J connectivity index is 1.88. The SMILES string of the molecule is Nc1ccc(Oc2cc(Cl)c(Oc3ccc(N)cc3Cl)cc2Cl)c(Cl)c1. The van der Waals surface area contributed by atoms with Crippen molar-refractivity contribution in [3.63, 3.8) is 0 Å². The van der Waals surface area contributed by atoms with Gasteiger partial charge in [-0.05, 0) is 36.4 Å². The number of rotatable bonds is 4. The highest BCUT2D eigenvalue weighted by atomic mass is 35.5. The van der Waals surface area contributed by atoms with Crippen LogP contribution >= 0.6 is 46.4 Å². The zero-order chi connectivity index (χ0) is 18.8. The van der Waals surface area contributed by atoms with Crippen LogP contribution in [-0.4, -0.2) is 0 Å². The molecule has 0 bridgehead atoms. The van der Waals surface area contributed by atoms with Crippen LogP contribution in [0.25, 0.3) is 0 Å². The zero-order valence-corrected chi connectivity index (χ0v) is 16.1. The molecule has 0 fully saturated rings. The van der Waals surface area contributed by atoms with Crippen molar-refractivity contribution in [2.45, 2.75) is 0 Å². The van der Waals surface area contributed by atoms with Crippen LogP contribution in [0.1, 0.15) is 0 Å². The average molecular weight is 430 g/mol. The maximum absolute atomic E-state index is 6.28. The summed E-state index contributed by atoms with van der Waals surface area (Å²) in [6.07, 6.45) is 0. The molecule has 4 N–H and O–H groups in total. The third kappa shape index (κ3) is 4.22. The van der Waals surface area contributed by atoms with Gasteiger partial charge >= 0.3 is 0 Å². The first-order chi connectivity index (χ1) is 12.3. The number of anilines is 2. The Morgan fingerprint density at radius 3 is 1.19 bits per heavy atom. The van der Waals surface area contributed by atoms with Gasteiger partial charge in [0.15, 0.2) is 0 Å². The van der Waals surface area contributed by atoms with Gasteiger partial charge in [0.2, 0.25) is 0 Å². The topological polar surface area (TPSA) is 70.5 Å². The van der Waals surface area contributed by atoms with Gasteiger partial charge in [0.25, 0.3) is 0 Å². The molecule has 4 nitrogen and oxygen atoms in total. The molecule has 0 saturated heterocycles. The van der Waals surface area contributed by atoms with Crippen molar-refractivity contribution in [1.82, 2.24) is 0 Å². The van der Waals surface area contributed by atoms with Gasteiger partial charge in [-0.1, -0.05) is 46.4 Å². The molecule has 26 heavy (non-hydrogen) atoms. The third-order valence-corrected chi connectivity index (χ3v) is 4.52. The highest BCUT2D eigenvalue weighted by Gasteiger charge is 2.14. The molecule has 0 aliphatic rings. The van der Waals surface area contributed by atoms with Gasteiger partial charge in [0, 0.05) is 23.5 Å². The highest BCUT2D eigenvalue weighted by molar-refractivity contribution is 6.35. The molecule has 3 rings (SSSR count). The van der Waals surface area contributed by atoms with E-state index in [0.717, 1.165) is 0 Å². The second-order valence-electron chi connectivity index (χ2n) is 5.30. The van der Waals surface area contributed by atoms with E-state index in [-0.39, 0.29) is 10.0 Å². The molecule has 0 aliphatic heterocycles. The van der Waals surface area contributed by atoms with Crippen molar-refractivity contribution in [3.05, 3.63) is 68.6 Å². The predicted molar refractivity (Wildman–Crippen MR) is 108 cm³/mol. The molecular weight excluding hydrogens is 418 g/mol. The first-order valence-corrected chi connectivity index (χ1v) is 8.79. The van der Waals surface area contributed by atoms with Crippen molar-refractivity contribution >= 4 is 57.8 Å². The van der Waals surface area contributed by atoms with Crippen molar-refractivity contribution in [2.24, 2.45) is 0 Å². The summed E-state index contributed by atoms with van der Waals surface area (Å²) in [6, 6.07) is 12.8. The fourth-order valence-electron chi connectivity index (χ4n) is 2.10. The van der Waals surface area contributed by atoms with Crippen molar-refractivity contribution in [1.29, 1.82) is 0 Å². The van der Waals surface area contributed by atoms with Gasteiger partial charge in [-0.25, -0.2) is 0 Å². The van der Waals surface area contributed by atoms with Crippen LogP contribution in [0, 0.1) is 0 Å². The molecule has 0 saturated carbocycles. The lowest BCUT2D eigenvalue weighted by molar-refractivity contribution is 0.470. The Morgan fingerprint density at radius 1 is 0.500 bits per heavy atom. The molecule has 3 aromatic rings. The minimum Gasteiger partial charge on any atom is -0.454 e. The van der Waals surface area contributed by atoms with E-state index < -0.39 is 0 Å². The van der Waals surface area contributed by atoms with E-state index in [2.05, 4.69) is 0 Å².